The zero-order valence-corrected chi connectivity index (χ0v) is 13.1. The second-order valence-electron chi connectivity index (χ2n) is 5.24. The van der Waals surface area contributed by atoms with Gasteiger partial charge in [-0.15, -0.1) is 0 Å². The third-order valence-corrected chi connectivity index (χ3v) is 3.75. The van der Waals surface area contributed by atoms with Crippen molar-refractivity contribution in [3.8, 4) is 11.5 Å². The van der Waals surface area contributed by atoms with Crippen molar-refractivity contribution in [1.82, 2.24) is 10.3 Å². The summed E-state index contributed by atoms with van der Waals surface area (Å²) >= 11 is 0. The fourth-order valence-corrected chi connectivity index (χ4v) is 2.56. The number of nitrogens with zero attached hydrogens (tertiary/aromatic N) is 1. The van der Waals surface area contributed by atoms with Crippen LogP contribution < -0.4 is 20.1 Å². The quantitative estimate of drug-likeness (QED) is 0.880. The van der Waals surface area contributed by atoms with Gasteiger partial charge in [0.1, 0.15) is 6.26 Å². The van der Waals surface area contributed by atoms with Gasteiger partial charge in [-0.05, 0) is 31.5 Å². The van der Waals surface area contributed by atoms with E-state index in [1.807, 2.05) is 0 Å². The van der Waals surface area contributed by atoms with Crippen LogP contribution in [0.15, 0.2) is 28.9 Å². The van der Waals surface area contributed by atoms with Crippen molar-refractivity contribution in [2.45, 2.75) is 18.9 Å². The van der Waals surface area contributed by atoms with Crippen LogP contribution in [0, 0.1) is 0 Å². The van der Waals surface area contributed by atoms with Crippen LogP contribution in [0.5, 0.6) is 11.5 Å². The van der Waals surface area contributed by atoms with E-state index in [1.54, 1.807) is 32.4 Å². The summed E-state index contributed by atoms with van der Waals surface area (Å²) in [6.45, 7) is 0.945. The highest BCUT2D eigenvalue weighted by Gasteiger charge is 2.23. The molecule has 0 radical (unpaired) electrons. The van der Waals surface area contributed by atoms with E-state index in [4.69, 9.17) is 13.9 Å². The van der Waals surface area contributed by atoms with E-state index in [9.17, 15) is 4.79 Å². The van der Waals surface area contributed by atoms with Crippen molar-refractivity contribution >= 4 is 11.6 Å². The van der Waals surface area contributed by atoms with Crippen molar-refractivity contribution in [2.24, 2.45) is 0 Å². The van der Waals surface area contributed by atoms with E-state index in [0.29, 0.717) is 23.1 Å². The molecule has 1 unspecified atom stereocenters. The number of benzene rings is 1. The molecule has 23 heavy (non-hydrogen) atoms. The summed E-state index contributed by atoms with van der Waals surface area (Å²) in [6, 6.07) is 5.25. The maximum atomic E-state index is 12.3. The van der Waals surface area contributed by atoms with Crippen molar-refractivity contribution in [1.29, 1.82) is 0 Å². The Morgan fingerprint density at radius 3 is 2.87 bits per heavy atom. The Labute approximate surface area is 134 Å². The number of anilines is 1. The molecule has 1 aromatic heterocycles. The molecule has 1 aliphatic rings. The van der Waals surface area contributed by atoms with Crippen LogP contribution in [0.4, 0.5) is 5.69 Å². The molecular formula is C16H19N3O4. The topological polar surface area (TPSA) is 85.6 Å². The number of amides is 1. The van der Waals surface area contributed by atoms with Gasteiger partial charge in [0.2, 0.25) is 5.89 Å². The monoisotopic (exact) mass is 317 g/mol. The molecular weight excluding hydrogens is 298 g/mol. The first-order valence-corrected chi connectivity index (χ1v) is 7.43. The summed E-state index contributed by atoms with van der Waals surface area (Å²) in [7, 11) is 3.10. The molecule has 2 N–H and O–H groups in total. The van der Waals surface area contributed by atoms with Crippen LogP contribution >= 0.6 is 0 Å². The van der Waals surface area contributed by atoms with Gasteiger partial charge in [0.15, 0.2) is 17.2 Å². The van der Waals surface area contributed by atoms with Crippen LogP contribution in [-0.4, -0.2) is 31.7 Å². The summed E-state index contributed by atoms with van der Waals surface area (Å²) in [5.41, 5.74) is 0.847. The SMILES string of the molecule is COc1ccc(NC(=O)c2coc(C3CCCN3)n2)cc1OC. The number of rotatable bonds is 5. The Kier molecular flexibility index (Phi) is 4.47. The zero-order valence-electron chi connectivity index (χ0n) is 13.1. The van der Waals surface area contributed by atoms with Crippen LogP contribution in [0.3, 0.4) is 0 Å². The standard InChI is InChI=1S/C16H19N3O4/c1-21-13-6-5-10(8-14(13)22-2)18-15(20)12-9-23-16(19-12)11-4-3-7-17-11/h5-6,8-9,11,17H,3-4,7H2,1-2H3,(H,18,20). The summed E-state index contributed by atoms with van der Waals surface area (Å²) in [6.07, 6.45) is 3.43. The van der Waals surface area contributed by atoms with Gasteiger partial charge in [-0.3, -0.25) is 4.79 Å². The number of methoxy groups -OCH3 is 2. The minimum atomic E-state index is -0.329. The van der Waals surface area contributed by atoms with Gasteiger partial charge in [-0.1, -0.05) is 0 Å². The Morgan fingerprint density at radius 2 is 2.17 bits per heavy atom. The van der Waals surface area contributed by atoms with Gasteiger partial charge in [0, 0.05) is 11.8 Å². The van der Waals surface area contributed by atoms with Gasteiger partial charge < -0.3 is 24.5 Å². The van der Waals surface area contributed by atoms with Crippen LogP contribution in [0.1, 0.15) is 35.3 Å². The average Bonchev–Trinajstić information content (AvgIpc) is 3.25. The molecule has 2 aromatic rings. The molecule has 7 heteroatoms. The van der Waals surface area contributed by atoms with Gasteiger partial charge in [0.05, 0.1) is 20.3 Å². The Bertz CT molecular complexity index is 692. The number of oxazole rings is 1. The van der Waals surface area contributed by atoms with Gasteiger partial charge in [0.25, 0.3) is 5.91 Å². The highest BCUT2D eigenvalue weighted by Crippen LogP contribution is 2.30. The highest BCUT2D eigenvalue weighted by atomic mass is 16.5. The average molecular weight is 317 g/mol. The van der Waals surface area contributed by atoms with Crippen LogP contribution in [0.2, 0.25) is 0 Å². The molecule has 1 aliphatic heterocycles. The third-order valence-electron chi connectivity index (χ3n) is 3.75. The maximum absolute atomic E-state index is 12.3. The first-order chi connectivity index (χ1) is 11.2. The zero-order chi connectivity index (χ0) is 16.2. The van der Waals surface area contributed by atoms with E-state index in [0.717, 1.165) is 19.4 Å². The molecule has 1 fully saturated rings. The molecule has 0 aliphatic carbocycles. The molecule has 2 heterocycles. The summed E-state index contributed by atoms with van der Waals surface area (Å²) in [4.78, 5) is 16.5. The lowest BCUT2D eigenvalue weighted by molar-refractivity contribution is 0.102. The number of nitrogens with one attached hydrogen (secondary N) is 2. The fraction of sp³-hybridized carbons (Fsp3) is 0.375. The lowest BCUT2D eigenvalue weighted by Gasteiger charge is -2.09. The first kappa shape index (κ1) is 15.4. The van der Waals surface area contributed by atoms with E-state index in [-0.39, 0.29) is 17.6 Å². The third kappa shape index (κ3) is 3.29. The molecule has 7 nitrogen and oxygen atoms in total. The molecule has 1 atom stereocenters. The molecule has 3 rings (SSSR count). The van der Waals surface area contributed by atoms with Crippen molar-refractivity contribution in [2.75, 3.05) is 26.1 Å². The van der Waals surface area contributed by atoms with E-state index >= 15 is 0 Å². The molecule has 1 aromatic carbocycles. The van der Waals surface area contributed by atoms with Crippen LogP contribution in [-0.2, 0) is 0 Å². The lowest BCUT2D eigenvalue weighted by Crippen LogP contribution is -2.15. The molecule has 0 saturated carbocycles. The number of carbonyl (C=O) groups excluding carboxylic acids is 1. The summed E-state index contributed by atoms with van der Waals surface area (Å²) in [5, 5.41) is 6.05. The van der Waals surface area contributed by atoms with Crippen molar-refractivity contribution in [3.63, 3.8) is 0 Å². The smallest absolute Gasteiger partial charge is 0.277 e. The predicted molar refractivity (Wildman–Crippen MR) is 84.0 cm³/mol. The number of ether oxygens (including phenoxy) is 2. The molecule has 122 valence electrons. The van der Waals surface area contributed by atoms with Gasteiger partial charge in [-0.25, -0.2) is 4.98 Å². The number of carbonyl (C=O) groups is 1. The van der Waals surface area contributed by atoms with E-state index in [2.05, 4.69) is 15.6 Å². The second-order valence-corrected chi connectivity index (χ2v) is 5.24. The normalized spacial score (nSPS) is 17.0. The van der Waals surface area contributed by atoms with Gasteiger partial charge >= 0.3 is 0 Å². The summed E-state index contributed by atoms with van der Waals surface area (Å²) < 4.78 is 15.8. The second kappa shape index (κ2) is 6.70. The molecule has 1 saturated heterocycles. The Hall–Kier alpha value is -2.54. The van der Waals surface area contributed by atoms with Crippen molar-refractivity contribution < 1.29 is 18.7 Å². The number of hydrogen-bond acceptors (Lipinski definition) is 6. The van der Waals surface area contributed by atoms with Crippen LogP contribution in [0.25, 0.3) is 0 Å². The lowest BCUT2D eigenvalue weighted by atomic mass is 10.2. The number of aromatic nitrogens is 1. The Morgan fingerprint density at radius 1 is 1.35 bits per heavy atom. The highest BCUT2D eigenvalue weighted by molar-refractivity contribution is 6.02. The Balaban J connectivity index is 1.71. The van der Waals surface area contributed by atoms with E-state index in [1.165, 1.54) is 6.26 Å². The molecule has 0 bridgehead atoms. The fourth-order valence-electron chi connectivity index (χ4n) is 2.56. The minimum absolute atomic E-state index is 0.0950. The van der Waals surface area contributed by atoms with Crippen molar-refractivity contribution in [3.05, 3.63) is 36.0 Å². The largest absolute Gasteiger partial charge is 0.493 e. The van der Waals surface area contributed by atoms with Gasteiger partial charge in [-0.2, -0.15) is 0 Å². The van der Waals surface area contributed by atoms with E-state index < -0.39 is 0 Å². The minimum Gasteiger partial charge on any atom is -0.493 e. The molecule has 0 spiro atoms. The number of hydrogen-bond donors (Lipinski definition) is 2. The maximum Gasteiger partial charge on any atom is 0.277 e. The molecule has 1 amide bonds. The summed E-state index contributed by atoms with van der Waals surface area (Å²) in [5.74, 6) is 1.37. The first-order valence-electron chi connectivity index (χ1n) is 7.43. The predicted octanol–water partition coefficient (Wildman–Crippen LogP) is 2.37.